The van der Waals surface area contributed by atoms with E-state index in [4.69, 9.17) is 4.74 Å². The fourth-order valence-electron chi connectivity index (χ4n) is 2.51. The van der Waals surface area contributed by atoms with Crippen LogP contribution in [0.2, 0.25) is 0 Å². The minimum atomic E-state index is -0.361. The predicted molar refractivity (Wildman–Crippen MR) is 57.8 cm³/mol. The van der Waals surface area contributed by atoms with Crippen molar-refractivity contribution < 1.29 is 14.3 Å². The minimum absolute atomic E-state index is 0.0606. The average Bonchev–Trinajstić information content (AvgIpc) is 2.97. The van der Waals surface area contributed by atoms with Gasteiger partial charge in [0.25, 0.3) is 0 Å². The first kappa shape index (κ1) is 11.4. The summed E-state index contributed by atoms with van der Waals surface area (Å²) in [5, 5.41) is 3.17. The molecule has 1 amide bonds. The van der Waals surface area contributed by atoms with Crippen LogP contribution in [0.4, 0.5) is 0 Å². The van der Waals surface area contributed by atoms with Gasteiger partial charge < -0.3 is 15.0 Å². The molecule has 0 aliphatic carbocycles. The molecule has 0 spiro atoms. The average molecular weight is 226 g/mol. The number of nitrogens with one attached hydrogen (secondary N) is 1. The van der Waals surface area contributed by atoms with Gasteiger partial charge in [-0.25, -0.2) is 4.79 Å². The topological polar surface area (TPSA) is 58.6 Å². The number of carbonyl (C=O) groups excluding carboxylic acids is 2. The molecular formula is C11H18N2O3. The van der Waals surface area contributed by atoms with Crippen molar-refractivity contribution in [3.8, 4) is 0 Å². The first-order valence-corrected chi connectivity index (χ1v) is 5.85. The zero-order chi connectivity index (χ0) is 11.5. The standard InChI is InChI=1S/C11H18N2O3/c1-16-11(15)9-5-3-7-13(9)10(14)8-4-2-6-12-8/h8-9,12H,2-7H2,1H3. The number of ether oxygens (including phenoxy) is 1. The highest BCUT2D eigenvalue weighted by atomic mass is 16.5. The fraction of sp³-hybridized carbons (Fsp3) is 0.818. The van der Waals surface area contributed by atoms with Crippen molar-refractivity contribution in [1.82, 2.24) is 10.2 Å². The Morgan fingerprint density at radius 1 is 1.31 bits per heavy atom. The second kappa shape index (κ2) is 4.82. The summed E-state index contributed by atoms with van der Waals surface area (Å²) in [5.74, 6) is -0.228. The minimum Gasteiger partial charge on any atom is -0.467 e. The second-order valence-electron chi connectivity index (χ2n) is 4.36. The Balaban J connectivity index is 2.01. The van der Waals surface area contributed by atoms with Gasteiger partial charge in [-0.05, 0) is 32.2 Å². The molecule has 2 atom stereocenters. The van der Waals surface area contributed by atoms with E-state index >= 15 is 0 Å². The first-order valence-electron chi connectivity index (χ1n) is 5.85. The number of rotatable bonds is 2. The van der Waals surface area contributed by atoms with E-state index < -0.39 is 0 Å². The molecule has 90 valence electrons. The van der Waals surface area contributed by atoms with Gasteiger partial charge >= 0.3 is 5.97 Å². The lowest BCUT2D eigenvalue weighted by Gasteiger charge is -2.25. The summed E-state index contributed by atoms with van der Waals surface area (Å²) in [7, 11) is 1.37. The number of carbonyl (C=O) groups is 2. The number of hydrogen-bond donors (Lipinski definition) is 1. The Labute approximate surface area is 95.1 Å². The molecule has 5 nitrogen and oxygen atoms in total. The summed E-state index contributed by atoms with van der Waals surface area (Å²) in [4.78, 5) is 25.3. The summed E-state index contributed by atoms with van der Waals surface area (Å²) in [6.45, 7) is 1.57. The van der Waals surface area contributed by atoms with E-state index in [-0.39, 0.29) is 24.0 Å². The maximum Gasteiger partial charge on any atom is 0.328 e. The molecule has 5 heteroatoms. The normalized spacial score (nSPS) is 29.4. The third-order valence-electron chi connectivity index (χ3n) is 3.37. The van der Waals surface area contributed by atoms with Crippen molar-refractivity contribution in [3.63, 3.8) is 0 Å². The molecule has 0 radical (unpaired) electrons. The molecule has 0 aromatic carbocycles. The lowest BCUT2D eigenvalue weighted by atomic mass is 10.1. The van der Waals surface area contributed by atoms with E-state index in [2.05, 4.69) is 5.32 Å². The quantitative estimate of drug-likeness (QED) is 0.668. The van der Waals surface area contributed by atoms with Gasteiger partial charge in [0.1, 0.15) is 6.04 Å². The summed E-state index contributed by atoms with van der Waals surface area (Å²) in [5.41, 5.74) is 0. The fourth-order valence-corrected chi connectivity index (χ4v) is 2.51. The van der Waals surface area contributed by atoms with Crippen LogP contribution in [0, 0.1) is 0 Å². The molecule has 1 N–H and O–H groups in total. The third-order valence-corrected chi connectivity index (χ3v) is 3.37. The largest absolute Gasteiger partial charge is 0.467 e. The number of amides is 1. The van der Waals surface area contributed by atoms with Crippen LogP contribution >= 0.6 is 0 Å². The molecule has 2 heterocycles. The molecule has 2 fully saturated rings. The molecular weight excluding hydrogens is 208 g/mol. The summed E-state index contributed by atoms with van der Waals surface area (Å²) < 4.78 is 4.72. The van der Waals surface area contributed by atoms with Crippen molar-refractivity contribution in [1.29, 1.82) is 0 Å². The van der Waals surface area contributed by atoms with Crippen molar-refractivity contribution in [2.24, 2.45) is 0 Å². The third kappa shape index (κ3) is 2.04. The van der Waals surface area contributed by atoms with Crippen LogP contribution in [-0.2, 0) is 14.3 Å². The van der Waals surface area contributed by atoms with Gasteiger partial charge in [0.15, 0.2) is 0 Å². The Bertz CT molecular complexity index is 287. The van der Waals surface area contributed by atoms with E-state index in [1.807, 2.05) is 0 Å². The van der Waals surface area contributed by atoms with Crippen LogP contribution in [0.3, 0.4) is 0 Å². The van der Waals surface area contributed by atoms with Gasteiger partial charge in [-0.15, -0.1) is 0 Å². The molecule has 2 saturated heterocycles. The van der Waals surface area contributed by atoms with Crippen molar-refractivity contribution in [2.75, 3.05) is 20.2 Å². The van der Waals surface area contributed by atoms with Gasteiger partial charge in [0.2, 0.25) is 5.91 Å². The Kier molecular flexibility index (Phi) is 3.43. The molecule has 2 aliphatic heterocycles. The number of nitrogens with zero attached hydrogens (tertiary/aromatic N) is 1. The summed E-state index contributed by atoms with van der Waals surface area (Å²) in [6, 6.07) is -0.454. The highest BCUT2D eigenvalue weighted by molar-refractivity contribution is 5.88. The molecule has 0 saturated carbocycles. The highest BCUT2D eigenvalue weighted by Gasteiger charge is 2.38. The van der Waals surface area contributed by atoms with Gasteiger partial charge in [-0.1, -0.05) is 0 Å². The Morgan fingerprint density at radius 2 is 2.12 bits per heavy atom. The van der Waals surface area contributed by atoms with Crippen LogP contribution in [-0.4, -0.2) is 49.1 Å². The van der Waals surface area contributed by atoms with E-state index in [1.165, 1.54) is 7.11 Å². The van der Waals surface area contributed by atoms with E-state index in [0.29, 0.717) is 6.54 Å². The molecule has 2 rings (SSSR count). The van der Waals surface area contributed by atoms with Crippen LogP contribution in [0.25, 0.3) is 0 Å². The van der Waals surface area contributed by atoms with Gasteiger partial charge in [0, 0.05) is 6.54 Å². The van der Waals surface area contributed by atoms with Gasteiger partial charge in [0.05, 0.1) is 13.2 Å². The monoisotopic (exact) mass is 226 g/mol. The maximum atomic E-state index is 12.1. The molecule has 0 bridgehead atoms. The highest BCUT2D eigenvalue weighted by Crippen LogP contribution is 2.21. The Morgan fingerprint density at radius 3 is 2.75 bits per heavy atom. The lowest BCUT2D eigenvalue weighted by molar-refractivity contribution is -0.151. The molecule has 2 aliphatic rings. The number of hydrogen-bond acceptors (Lipinski definition) is 4. The van der Waals surface area contributed by atoms with Gasteiger partial charge in [-0.3, -0.25) is 4.79 Å². The summed E-state index contributed by atoms with van der Waals surface area (Å²) >= 11 is 0. The van der Waals surface area contributed by atoms with Crippen LogP contribution < -0.4 is 5.32 Å². The number of esters is 1. The van der Waals surface area contributed by atoms with Crippen LogP contribution in [0.15, 0.2) is 0 Å². The Hall–Kier alpha value is -1.10. The summed E-state index contributed by atoms with van der Waals surface area (Å²) in [6.07, 6.45) is 3.53. The molecule has 0 aromatic heterocycles. The number of methoxy groups -OCH3 is 1. The molecule has 16 heavy (non-hydrogen) atoms. The van der Waals surface area contributed by atoms with Crippen LogP contribution in [0.1, 0.15) is 25.7 Å². The number of likely N-dealkylation sites (tertiary alicyclic amines) is 1. The van der Waals surface area contributed by atoms with Crippen molar-refractivity contribution >= 4 is 11.9 Å². The van der Waals surface area contributed by atoms with E-state index in [1.54, 1.807) is 4.90 Å². The van der Waals surface area contributed by atoms with E-state index in [9.17, 15) is 9.59 Å². The molecule has 0 aromatic rings. The SMILES string of the molecule is COC(=O)C1CCCN1C(=O)C1CCCN1. The van der Waals surface area contributed by atoms with Crippen molar-refractivity contribution in [3.05, 3.63) is 0 Å². The zero-order valence-electron chi connectivity index (χ0n) is 9.57. The van der Waals surface area contributed by atoms with Crippen LogP contribution in [0.5, 0.6) is 0 Å². The smallest absolute Gasteiger partial charge is 0.328 e. The zero-order valence-corrected chi connectivity index (χ0v) is 9.57. The first-order chi connectivity index (χ1) is 7.74. The predicted octanol–water partition coefficient (Wildman–Crippen LogP) is -0.0976. The molecule has 2 unspecified atom stereocenters. The van der Waals surface area contributed by atoms with Crippen molar-refractivity contribution in [2.45, 2.75) is 37.8 Å². The second-order valence-corrected chi connectivity index (χ2v) is 4.36. The van der Waals surface area contributed by atoms with E-state index in [0.717, 1.165) is 32.2 Å². The lowest BCUT2D eigenvalue weighted by Crippen LogP contribution is -2.48. The maximum absolute atomic E-state index is 12.1. The van der Waals surface area contributed by atoms with Gasteiger partial charge in [-0.2, -0.15) is 0 Å².